The minimum Gasteiger partial charge on any atom is -0.481 e. The Balaban J connectivity index is 0.000000159. The standard InChI is InChI=1S/C18H16.C9H10O4/c1-3-7-15-13(5-1)9-11-18-16-8-4-2-6-14(16)10-12-17(15)18;1-9(8(12)13)4-2-3-6(5-9)7(10)11/h1,3,5,7,9-12H,2,4,6,8H2;2-4H,5H2,1H3,(H,10,11)(H,12,13). The molecule has 0 saturated heterocycles. The number of aliphatic carboxylic acids is 2. The fourth-order valence-corrected chi connectivity index (χ4v) is 4.53. The van der Waals surface area contributed by atoms with Crippen LogP contribution in [0.5, 0.6) is 0 Å². The summed E-state index contributed by atoms with van der Waals surface area (Å²) in [6.45, 7) is 1.50. The molecule has 1 atom stereocenters. The van der Waals surface area contributed by atoms with Crippen LogP contribution in [0, 0.1) is 5.41 Å². The highest BCUT2D eigenvalue weighted by atomic mass is 16.4. The van der Waals surface area contributed by atoms with Crippen LogP contribution in [0.25, 0.3) is 21.5 Å². The van der Waals surface area contributed by atoms with Gasteiger partial charge in [0.15, 0.2) is 0 Å². The number of carboxylic acids is 2. The summed E-state index contributed by atoms with van der Waals surface area (Å²) in [7, 11) is 0. The lowest BCUT2D eigenvalue weighted by Gasteiger charge is -2.23. The van der Waals surface area contributed by atoms with Crippen molar-refractivity contribution >= 4 is 33.5 Å². The minimum atomic E-state index is -1.08. The summed E-state index contributed by atoms with van der Waals surface area (Å²) in [4.78, 5) is 21.3. The first-order valence-corrected chi connectivity index (χ1v) is 10.7. The van der Waals surface area contributed by atoms with Crippen LogP contribution >= 0.6 is 0 Å². The molecular formula is C27H26O4. The monoisotopic (exact) mass is 414 g/mol. The van der Waals surface area contributed by atoms with Gasteiger partial charge in [-0.15, -0.1) is 0 Å². The van der Waals surface area contributed by atoms with Gasteiger partial charge in [0.05, 0.1) is 5.41 Å². The lowest BCUT2D eigenvalue weighted by Crippen LogP contribution is -2.28. The Hall–Kier alpha value is -3.40. The Labute approximate surface area is 181 Å². The Bertz CT molecular complexity index is 1230. The molecule has 1 unspecified atom stereocenters. The minimum absolute atomic E-state index is 0.0359. The Morgan fingerprint density at radius 1 is 0.871 bits per heavy atom. The molecule has 3 aromatic carbocycles. The molecule has 2 aliphatic rings. The molecule has 31 heavy (non-hydrogen) atoms. The van der Waals surface area contributed by atoms with Crippen molar-refractivity contribution in [3.05, 3.63) is 83.5 Å². The Kier molecular flexibility index (Phi) is 5.64. The maximum absolute atomic E-state index is 10.8. The van der Waals surface area contributed by atoms with Crippen LogP contribution in [0.2, 0.25) is 0 Å². The van der Waals surface area contributed by atoms with E-state index in [2.05, 4.69) is 48.5 Å². The lowest BCUT2D eigenvalue weighted by atomic mass is 9.80. The van der Waals surface area contributed by atoms with E-state index in [1.54, 1.807) is 11.1 Å². The van der Waals surface area contributed by atoms with Crippen LogP contribution in [0.15, 0.2) is 72.3 Å². The van der Waals surface area contributed by atoms with Crippen LogP contribution in [0.1, 0.15) is 37.3 Å². The van der Waals surface area contributed by atoms with Crippen molar-refractivity contribution in [2.24, 2.45) is 5.41 Å². The zero-order valence-corrected chi connectivity index (χ0v) is 17.6. The van der Waals surface area contributed by atoms with Crippen LogP contribution in [-0.4, -0.2) is 22.2 Å². The number of aryl methyl sites for hydroxylation is 2. The van der Waals surface area contributed by atoms with Gasteiger partial charge in [0, 0.05) is 5.57 Å². The fourth-order valence-electron chi connectivity index (χ4n) is 4.53. The predicted molar refractivity (Wildman–Crippen MR) is 123 cm³/mol. The van der Waals surface area contributed by atoms with Crippen LogP contribution in [0.3, 0.4) is 0 Å². The van der Waals surface area contributed by atoms with Gasteiger partial charge in [-0.05, 0) is 71.7 Å². The number of benzene rings is 3. The highest BCUT2D eigenvalue weighted by molar-refractivity contribution is 6.08. The maximum Gasteiger partial charge on any atom is 0.331 e. The van der Waals surface area contributed by atoms with Gasteiger partial charge in [0.25, 0.3) is 0 Å². The van der Waals surface area contributed by atoms with Gasteiger partial charge in [0.2, 0.25) is 0 Å². The molecule has 5 rings (SSSR count). The van der Waals surface area contributed by atoms with E-state index in [1.165, 1.54) is 72.4 Å². The molecule has 3 aromatic rings. The molecule has 0 spiro atoms. The third-order valence-corrected chi connectivity index (χ3v) is 6.34. The highest BCUT2D eigenvalue weighted by Crippen LogP contribution is 2.33. The second-order valence-corrected chi connectivity index (χ2v) is 8.55. The number of hydrogen-bond donors (Lipinski definition) is 2. The summed E-state index contributed by atoms with van der Waals surface area (Å²) in [5, 5.41) is 23.1. The number of carbonyl (C=O) groups is 2. The predicted octanol–water partition coefficient (Wildman–Crippen LogP) is 5.92. The van der Waals surface area contributed by atoms with Crippen LogP contribution in [0.4, 0.5) is 0 Å². The molecule has 4 nitrogen and oxygen atoms in total. The van der Waals surface area contributed by atoms with E-state index in [0.717, 1.165) is 0 Å². The molecular weight excluding hydrogens is 388 g/mol. The van der Waals surface area contributed by atoms with Crippen molar-refractivity contribution in [2.45, 2.75) is 39.0 Å². The third-order valence-electron chi connectivity index (χ3n) is 6.34. The normalized spacial score (nSPS) is 19.8. The van der Waals surface area contributed by atoms with Gasteiger partial charge in [-0.3, -0.25) is 4.79 Å². The molecule has 0 amide bonds. The maximum atomic E-state index is 10.8. The van der Waals surface area contributed by atoms with Gasteiger partial charge in [-0.25, -0.2) is 4.79 Å². The molecule has 2 N–H and O–H groups in total. The molecule has 2 aliphatic carbocycles. The van der Waals surface area contributed by atoms with Crippen LogP contribution in [-0.2, 0) is 22.4 Å². The number of hydrogen-bond acceptors (Lipinski definition) is 2. The summed E-state index contributed by atoms with van der Waals surface area (Å²) in [6, 6.07) is 18.0. The molecule has 158 valence electrons. The molecule has 0 radical (unpaired) electrons. The molecule has 0 saturated carbocycles. The Morgan fingerprint density at radius 2 is 1.61 bits per heavy atom. The second kappa shape index (κ2) is 8.38. The molecule has 0 bridgehead atoms. The van der Waals surface area contributed by atoms with E-state index >= 15 is 0 Å². The van der Waals surface area contributed by atoms with E-state index in [0.29, 0.717) is 0 Å². The van der Waals surface area contributed by atoms with Gasteiger partial charge in [-0.2, -0.15) is 0 Å². The summed E-state index contributed by atoms with van der Waals surface area (Å²) in [5.74, 6) is -2.06. The van der Waals surface area contributed by atoms with Crippen molar-refractivity contribution in [3.8, 4) is 0 Å². The molecule has 4 heteroatoms. The van der Waals surface area contributed by atoms with Gasteiger partial charge < -0.3 is 10.2 Å². The summed E-state index contributed by atoms with van der Waals surface area (Å²) in [5.41, 5.74) is 2.23. The molecule has 0 aromatic heterocycles. The van der Waals surface area contributed by atoms with Crippen LogP contribution < -0.4 is 0 Å². The van der Waals surface area contributed by atoms with E-state index in [-0.39, 0.29) is 12.0 Å². The number of allylic oxidation sites excluding steroid dienone is 2. The molecule has 0 fully saturated rings. The van der Waals surface area contributed by atoms with Gasteiger partial charge >= 0.3 is 11.9 Å². The Morgan fingerprint density at radius 3 is 2.39 bits per heavy atom. The number of rotatable bonds is 2. The molecule has 0 aliphatic heterocycles. The third kappa shape index (κ3) is 4.11. The number of fused-ring (bicyclic) bond motifs is 5. The zero-order valence-electron chi connectivity index (χ0n) is 17.6. The van der Waals surface area contributed by atoms with Gasteiger partial charge in [-0.1, -0.05) is 66.8 Å². The largest absolute Gasteiger partial charge is 0.481 e. The van der Waals surface area contributed by atoms with Gasteiger partial charge in [0.1, 0.15) is 0 Å². The van der Waals surface area contributed by atoms with E-state index in [9.17, 15) is 9.59 Å². The van der Waals surface area contributed by atoms with E-state index in [1.807, 2.05) is 0 Å². The van der Waals surface area contributed by atoms with Crippen molar-refractivity contribution in [2.75, 3.05) is 0 Å². The zero-order chi connectivity index (χ0) is 22.0. The topological polar surface area (TPSA) is 74.6 Å². The summed E-state index contributed by atoms with van der Waals surface area (Å²) < 4.78 is 0. The average Bonchev–Trinajstić information content (AvgIpc) is 2.79. The number of carboxylic acid groups (broad SMARTS) is 2. The SMILES string of the molecule is CC1(C(=O)O)C=CC=C(C(=O)O)C1.c1ccc2c(c1)ccc1c3c(ccc12)CCCC3. The molecule has 0 heterocycles. The van der Waals surface area contributed by atoms with Crippen molar-refractivity contribution in [1.82, 2.24) is 0 Å². The fraction of sp³-hybridized carbons (Fsp3) is 0.259. The van der Waals surface area contributed by atoms with Crippen molar-refractivity contribution in [3.63, 3.8) is 0 Å². The van der Waals surface area contributed by atoms with E-state index in [4.69, 9.17) is 10.2 Å². The average molecular weight is 415 g/mol. The first-order chi connectivity index (χ1) is 14.9. The smallest absolute Gasteiger partial charge is 0.331 e. The quantitative estimate of drug-likeness (QED) is 0.511. The first kappa shape index (κ1) is 20.9. The lowest BCUT2D eigenvalue weighted by molar-refractivity contribution is -0.145. The van der Waals surface area contributed by atoms with Crippen molar-refractivity contribution < 1.29 is 19.8 Å². The van der Waals surface area contributed by atoms with Crippen molar-refractivity contribution in [1.29, 1.82) is 0 Å². The first-order valence-electron chi connectivity index (χ1n) is 10.7. The summed E-state index contributed by atoms with van der Waals surface area (Å²) in [6.07, 6.45) is 9.65. The summed E-state index contributed by atoms with van der Waals surface area (Å²) >= 11 is 0. The second-order valence-electron chi connectivity index (χ2n) is 8.55. The highest BCUT2D eigenvalue weighted by Gasteiger charge is 2.34. The van der Waals surface area contributed by atoms with E-state index < -0.39 is 17.4 Å².